The predicted molar refractivity (Wildman–Crippen MR) is 133 cm³/mol. The molecule has 0 saturated carbocycles. The molecule has 1 N–H and O–H groups in total. The maximum atomic E-state index is 13.3. The van der Waals surface area contributed by atoms with Gasteiger partial charge >= 0.3 is 6.18 Å². The second kappa shape index (κ2) is 10.3. The summed E-state index contributed by atoms with van der Waals surface area (Å²) in [4.78, 5) is 32.1. The molecule has 6 nitrogen and oxygen atoms in total. The van der Waals surface area contributed by atoms with Gasteiger partial charge in [0.25, 0.3) is 5.56 Å². The number of nitrogens with one attached hydrogen (secondary N) is 1. The molecule has 1 aliphatic rings. The van der Waals surface area contributed by atoms with Crippen LogP contribution in [0.25, 0.3) is 17.1 Å². The van der Waals surface area contributed by atoms with Crippen LogP contribution in [0.5, 0.6) is 0 Å². The second-order valence-corrected chi connectivity index (χ2v) is 9.52. The third kappa shape index (κ3) is 5.73. The van der Waals surface area contributed by atoms with Crippen molar-refractivity contribution in [2.24, 2.45) is 5.92 Å². The van der Waals surface area contributed by atoms with Gasteiger partial charge in [0, 0.05) is 41.7 Å². The van der Waals surface area contributed by atoms with Crippen molar-refractivity contribution in [1.82, 2.24) is 14.9 Å². The Labute approximate surface area is 211 Å². The second-order valence-electron chi connectivity index (χ2n) is 9.09. The zero-order valence-corrected chi connectivity index (χ0v) is 20.6. The zero-order valence-electron chi connectivity index (χ0n) is 19.8. The third-order valence-corrected chi connectivity index (χ3v) is 6.40. The largest absolute Gasteiger partial charge is 0.416 e. The lowest BCUT2D eigenvalue weighted by molar-refractivity contribution is -0.137. The van der Waals surface area contributed by atoms with Gasteiger partial charge in [-0.05, 0) is 61.4 Å². The van der Waals surface area contributed by atoms with Crippen molar-refractivity contribution < 1.29 is 18.0 Å². The first-order chi connectivity index (χ1) is 17.0. The summed E-state index contributed by atoms with van der Waals surface area (Å²) in [5, 5.41) is 3.55. The fraction of sp³-hybridized carbons (Fsp3) is 0.346. The van der Waals surface area contributed by atoms with Gasteiger partial charge in [0.05, 0.1) is 11.3 Å². The first-order valence-electron chi connectivity index (χ1n) is 11.7. The van der Waals surface area contributed by atoms with E-state index in [1.807, 2.05) is 18.7 Å². The molecule has 0 unspecified atom stereocenters. The Morgan fingerprint density at radius 3 is 2.22 bits per heavy atom. The molecule has 0 atom stereocenters. The van der Waals surface area contributed by atoms with Crippen LogP contribution < -0.4 is 15.8 Å². The highest BCUT2D eigenvalue weighted by molar-refractivity contribution is 6.30. The van der Waals surface area contributed by atoms with Crippen molar-refractivity contribution in [2.75, 3.05) is 18.0 Å². The standard InChI is InChI=1S/C26H26ClF3N4O2/c1-16(2)25(36)31-20-11-13-33(14-12-20)22-15-23(35)34(21-9-5-18(6-10-21)26(28,29)30)24(32-22)17-3-7-19(27)8-4-17/h3-10,15-16,20H,11-14H2,1-2H3,(H,31,36). The lowest BCUT2D eigenvalue weighted by atomic mass is 10.0. The maximum Gasteiger partial charge on any atom is 0.416 e. The van der Waals surface area contributed by atoms with E-state index < -0.39 is 17.3 Å². The molecule has 1 amide bonds. The van der Waals surface area contributed by atoms with Crippen molar-refractivity contribution in [1.29, 1.82) is 0 Å². The normalized spacial score (nSPS) is 14.8. The Balaban J connectivity index is 1.68. The van der Waals surface area contributed by atoms with E-state index in [1.165, 1.54) is 22.8 Å². The molecule has 10 heteroatoms. The van der Waals surface area contributed by atoms with Crippen LogP contribution in [0.1, 0.15) is 32.3 Å². The van der Waals surface area contributed by atoms with Crippen LogP contribution >= 0.6 is 11.6 Å². The van der Waals surface area contributed by atoms with E-state index in [2.05, 4.69) is 5.32 Å². The average molecular weight is 519 g/mol. The van der Waals surface area contributed by atoms with Crippen molar-refractivity contribution in [3.63, 3.8) is 0 Å². The van der Waals surface area contributed by atoms with Gasteiger partial charge in [0.15, 0.2) is 0 Å². The molecule has 0 bridgehead atoms. The SMILES string of the molecule is CC(C)C(=O)NC1CCN(c2cc(=O)n(-c3ccc(C(F)(F)F)cc3)c(-c3ccc(Cl)cc3)n2)CC1. The topological polar surface area (TPSA) is 67.2 Å². The van der Waals surface area contributed by atoms with Crippen molar-refractivity contribution in [2.45, 2.75) is 38.9 Å². The van der Waals surface area contributed by atoms with E-state index in [-0.39, 0.29) is 23.6 Å². The number of amides is 1. The zero-order chi connectivity index (χ0) is 26.0. The van der Waals surface area contributed by atoms with E-state index in [9.17, 15) is 22.8 Å². The number of aromatic nitrogens is 2. The average Bonchev–Trinajstić information content (AvgIpc) is 2.84. The summed E-state index contributed by atoms with van der Waals surface area (Å²) < 4.78 is 40.5. The maximum absolute atomic E-state index is 13.3. The highest BCUT2D eigenvalue weighted by Gasteiger charge is 2.30. The number of carbonyl (C=O) groups excluding carboxylic acids is 1. The highest BCUT2D eigenvalue weighted by Crippen LogP contribution is 2.31. The summed E-state index contributed by atoms with van der Waals surface area (Å²) >= 11 is 6.04. The number of alkyl halides is 3. The molecule has 1 saturated heterocycles. The summed E-state index contributed by atoms with van der Waals surface area (Å²) in [6, 6.07) is 12.6. The number of carbonyl (C=O) groups is 1. The van der Waals surface area contributed by atoms with Gasteiger partial charge in [0.2, 0.25) is 5.91 Å². The third-order valence-electron chi connectivity index (χ3n) is 6.15. The molecule has 190 valence electrons. The predicted octanol–water partition coefficient (Wildman–Crippen LogP) is 5.31. The Kier molecular flexibility index (Phi) is 7.40. The molecule has 36 heavy (non-hydrogen) atoms. The van der Waals surface area contributed by atoms with Gasteiger partial charge in [-0.3, -0.25) is 14.2 Å². The number of rotatable bonds is 5. The minimum absolute atomic E-state index is 0.00994. The summed E-state index contributed by atoms with van der Waals surface area (Å²) in [6.45, 7) is 4.89. The lowest BCUT2D eigenvalue weighted by Crippen LogP contribution is -2.46. The molecule has 0 spiro atoms. The van der Waals surface area contributed by atoms with Crippen LogP contribution in [-0.2, 0) is 11.0 Å². The van der Waals surface area contributed by atoms with Gasteiger partial charge in [-0.25, -0.2) is 4.98 Å². The molecule has 2 heterocycles. The van der Waals surface area contributed by atoms with E-state index in [0.717, 1.165) is 12.1 Å². The minimum atomic E-state index is -4.48. The number of hydrogen-bond donors (Lipinski definition) is 1. The lowest BCUT2D eigenvalue weighted by Gasteiger charge is -2.33. The summed E-state index contributed by atoms with van der Waals surface area (Å²) in [7, 11) is 0. The quantitative estimate of drug-likeness (QED) is 0.497. The van der Waals surface area contributed by atoms with Gasteiger partial charge in [-0.2, -0.15) is 13.2 Å². The highest BCUT2D eigenvalue weighted by atomic mass is 35.5. The monoisotopic (exact) mass is 518 g/mol. The van der Waals surface area contributed by atoms with E-state index >= 15 is 0 Å². The number of halogens is 4. The van der Waals surface area contributed by atoms with Crippen molar-refractivity contribution in [3.05, 3.63) is 75.5 Å². The first kappa shape index (κ1) is 25.8. The molecule has 3 aromatic rings. The van der Waals surface area contributed by atoms with Crippen LogP contribution in [0.3, 0.4) is 0 Å². The molecule has 1 aromatic heterocycles. The van der Waals surface area contributed by atoms with Crippen LogP contribution in [0.2, 0.25) is 5.02 Å². The van der Waals surface area contributed by atoms with Crippen molar-refractivity contribution in [3.8, 4) is 17.1 Å². The number of nitrogens with zero attached hydrogens (tertiary/aromatic N) is 3. The van der Waals surface area contributed by atoms with Gasteiger partial charge in [-0.1, -0.05) is 25.4 Å². The van der Waals surface area contributed by atoms with Gasteiger partial charge in [-0.15, -0.1) is 0 Å². The fourth-order valence-electron chi connectivity index (χ4n) is 4.09. The van der Waals surface area contributed by atoms with E-state index in [0.29, 0.717) is 48.2 Å². The Hall–Kier alpha value is -3.33. The van der Waals surface area contributed by atoms with Crippen molar-refractivity contribution >= 4 is 23.3 Å². The molecule has 1 aliphatic heterocycles. The number of anilines is 1. The molecule has 2 aromatic carbocycles. The molecule has 4 rings (SSSR count). The minimum Gasteiger partial charge on any atom is -0.356 e. The molecule has 0 aliphatic carbocycles. The van der Waals surface area contributed by atoms with Gasteiger partial charge < -0.3 is 10.2 Å². The molecule has 1 fully saturated rings. The van der Waals surface area contributed by atoms with E-state index in [4.69, 9.17) is 16.6 Å². The first-order valence-corrected chi connectivity index (χ1v) is 12.0. The Morgan fingerprint density at radius 2 is 1.67 bits per heavy atom. The van der Waals surface area contributed by atoms with Crippen LogP contribution in [0.15, 0.2) is 59.4 Å². The summed E-state index contributed by atoms with van der Waals surface area (Å²) in [6.07, 6.45) is -3.07. The summed E-state index contributed by atoms with van der Waals surface area (Å²) in [5.74, 6) is 0.686. The number of benzene rings is 2. The van der Waals surface area contributed by atoms with Crippen LogP contribution in [0.4, 0.5) is 19.0 Å². The summed E-state index contributed by atoms with van der Waals surface area (Å²) in [5.41, 5.74) is -0.353. The Morgan fingerprint density at radius 1 is 1.06 bits per heavy atom. The molecular formula is C26H26ClF3N4O2. The number of hydrogen-bond acceptors (Lipinski definition) is 4. The van der Waals surface area contributed by atoms with Gasteiger partial charge in [0.1, 0.15) is 11.6 Å². The Bertz CT molecular complexity index is 1280. The molecular weight excluding hydrogens is 493 g/mol. The molecule has 0 radical (unpaired) electrons. The smallest absolute Gasteiger partial charge is 0.356 e. The van der Waals surface area contributed by atoms with Crippen LogP contribution in [-0.4, -0.2) is 34.6 Å². The number of piperidine rings is 1. The van der Waals surface area contributed by atoms with Crippen LogP contribution in [0, 0.1) is 5.92 Å². The van der Waals surface area contributed by atoms with E-state index in [1.54, 1.807) is 24.3 Å². The fourth-order valence-corrected chi connectivity index (χ4v) is 4.22.